The van der Waals surface area contributed by atoms with Gasteiger partial charge < -0.3 is 14.8 Å². The van der Waals surface area contributed by atoms with Gasteiger partial charge in [-0.3, -0.25) is 9.59 Å². The van der Waals surface area contributed by atoms with E-state index in [1.165, 1.54) is 6.07 Å². The Morgan fingerprint density at radius 2 is 1.94 bits per heavy atom. The fraction of sp³-hybridized carbons (Fsp3) is 0.320. The van der Waals surface area contributed by atoms with E-state index in [1.807, 2.05) is 0 Å². The number of hydrogen-bond donors (Lipinski definition) is 1. The number of amides is 2. The predicted molar refractivity (Wildman–Crippen MR) is 121 cm³/mol. The molecule has 1 aliphatic carbocycles. The first-order valence-corrected chi connectivity index (χ1v) is 11.1. The van der Waals surface area contributed by atoms with Crippen molar-refractivity contribution in [2.24, 2.45) is 0 Å². The van der Waals surface area contributed by atoms with Crippen LogP contribution < -0.4 is 5.32 Å². The predicted octanol–water partition coefficient (Wildman–Crippen LogP) is 5.30. The van der Waals surface area contributed by atoms with Crippen LogP contribution in [0.1, 0.15) is 53.7 Å². The van der Waals surface area contributed by atoms with Crippen LogP contribution in [0.15, 0.2) is 67.3 Å². The maximum absolute atomic E-state index is 13.4. The number of benzene rings is 2. The molecule has 2 amide bonds. The minimum atomic E-state index is -4.45. The molecule has 1 aromatic heterocycles. The highest BCUT2D eigenvalue weighted by molar-refractivity contribution is 5.97. The topological polar surface area (TPSA) is 67.2 Å². The second-order valence-electron chi connectivity index (χ2n) is 8.42. The number of rotatable bonds is 8. The molecule has 0 bridgehead atoms. The summed E-state index contributed by atoms with van der Waals surface area (Å²) in [6.07, 6.45) is 2.44. The number of carbonyl (C=O) groups is 2. The minimum absolute atomic E-state index is 0.0227. The first kappa shape index (κ1) is 23.5. The molecule has 1 heterocycles. The van der Waals surface area contributed by atoms with Crippen LogP contribution in [-0.4, -0.2) is 32.3 Å². The van der Waals surface area contributed by atoms with Crippen LogP contribution in [0.4, 0.5) is 18.9 Å². The van der Waals surface area contributed by atoms with Gasteiger partial charge in [0, 0.05) is 42.7 Å². The minimum Gasteiger partial charge on any atom is -0.337 e. The van der Waals surface area contributed by atoms with E-state index in [9.17, 15) is 22.8 Å². The first-order valence-electron chi connectivity index (χ1n) is 11.1. The van der Waals surface area contributed by atoms with Gasteiger partial charge in [-0.25, -0.2) is 4.98 Å². The molecule has 6 nitrogen and oxygen atoms in total. The van der Waals surface area contributed by atoms with Gasteiger partial charge in [0.1, 0.15) is 0 Å². The van der Waals surface area contributed by atoms with Crippen molar-refractivity contribution in [2.75, 3.05) is 5.32 Å². The highest BCUT2D eigenvalue weighted by Gasteiger charge is 2.38. The van der Waals surface area contributed by atoms with Gasteiger partial charge in [0.15, 0.2) is 0 Å². The maximum Gasteiger partial charge on any atom is 0.416 e. The Morgan fingerprint density at radius 1 is 1.18 bits per heavy atom. The van der Waals surface area contributed by atoms with Crippen LogP contribution >= 0.6 is 0 Å². The molecule has 3 aromatic rings. The molecule has 178 valence electrons. The smallest absolute Gasteiger partial charge is 0.337 e. The summed E-state index contributed by atoms with van der Waals surface area (Å²) in [6.45, 7) is 2.22. The lowest BCUT2D eigenvalue weighted by molar-refractivity contribution is -0.137. The largest absolute Gasteiger partial charge is 0.416 e. The monoisotopic (exact) mass is 470 g/mol. The number of nitrogens with one attached hydrogen (secondary N) is 1. The lowest BCUT2D eigenvalue weighted by Crippen LogP contribution is -2.35. The molecule has 9 heteroatoms. The maximum atomic E-state index is 13.4. The van der Waals surface area contributed by atoms with Gasteiger partial charge in [-0.05, 0) is 55.7 Å². The van der Waals surface area contributed by atoms with Crippen molar-refractivity contribution in [3.63, 3.8) is 0 Å². The zero-order valence-corrected chi connectivity index (χ0v) is 18.6. The highest BCUT2D eigenvalue weighted by Crippen LogP contribution is 2.37. The number of imidazole rings is 1. The summed E-state index contributed by atoms with van der Waals surface area (Å²) in [6, 6.07) is 11.2. The Hall–Kier alpha value is -3.62. The van der Waals surface area contributed by atoms with E-state index in [4.69, 9.17) is 0 Å². The molecular weight excluding hydrogens is 445 g/mol. The number of hydrogen-bond acceptors (Lipinski definition) is 3. The SMILES string of the molecule is CC(c1cccc(C(F)(F)F)c1)N(C(=O)c1cccc(NC(=O)CCn2ccnc2)c1)C1CC1. The summed E-state index contributed by atoms with van der Waals surface area (Å²) in [4.78, 5) is 31.3. The summed E-state index contributed by atoms with van der Waals surface area (Å²) in [5, 5.41) is 2.80. The molecule has 1 atom stereocenters. The van der Waals surface area contributed by atoms with Crippen molar-refractivity contribution in [1.29, 1.82) is 0 Å². The van der Waals surface area contributed by atoms with Gasteiger partial charge in [-0.1, -0.05) is 18.2 Å². The standard InChI is InChI=1S/C25H25F3N4O2/c1-17(18-4-2-6-20(14-18)25(26,27)28)32(22-8-9-22)24(34)19-5-3-7-21(15-19)30-23(33)10-12-31-13-11-29-16-31/h2-7,11,13-17,22H,8-10,12H2,1H3,(H,30,33). The zero-order chi connectivity index (χ0) is 24.3. The Kier molecular flexibility index (Phi) is 6.72. The lowest BCUT2D eigenvalue weighted by atomic mass is 10.0. The number of aromatic nitrogens is 2. The average molecular weight is 470 g/mol. The Morgan fingerprint density at radius 3 is 2.62 bits per heavy atom. The lowest BCUT2D eigenvalue weighted by Gasteiger charge is -2.30. The van der Waals surface area contributed by atoms with E-state index in [2.05, 4.69) is 10.3 Å². The van der Waals surface area contributed by atoms with Crippen LogP contribution in [0, 0.1) is 0 Å². The molecule has 1 aliphatic rings. The van der Waals surface area contributed by atoms with Crippen LogP contribution in [0.5, 0.6) is 0 Å². The van der Waals surface area contributed by atoms with Gasteiger partial charge in [-0.15, -0.1) is 0 Å². The molecule has 1 unspecified atom stereocenters. The highest BCUT2D eigenvalue weighted by atomic mass is 19.4. The van der Waals surface area contributed by atoms with Crippen LogP contribution in [0.3, 0.4) is 0 Å². The molecule has 34 heavy (non-hydrogen) atoms. The quantitative estimate of drug-likeness (QED) is 0.486. The average Bonchev–Trinajstić information content (AvgIpc) is 3.50. The number of anilines is 1. The summed E-state index contributed by atoms with van der Waals surface area (Å²) >= 11 is 0. The third-order valence-electron chi connectivity index (χ3n) is 5.84. The number of halogens is 3. The number of alkyl halides is 3. The fourth-order valence-corrected chi connectivity index (χ4v) is 3.90. The Balaban J connectivity index is 1.48. The second-order valence-corrected chi connectivity index (χ2v) is 8.42. The molecule has 1 N–H and O–H groups in total. The molecule has 1 fully saturated rings. The van der Waals surface area contributed by atoms with Crippen LogP contribution in [-0.2, 0) is 17.5 Å². The van der Waals surface area contributed by atoms with Crippen molar-refractivity contribution >= 4 is 17.5 Å². The van der Waals surface area contributed by atoms with Crippen LogP contribution in [0.2, 0.25) is 0 Å². The molecule has 4 rings (SSSR count). The molecule has 1 saturated carbocycles. The van der Waals surface area contributed by atoms with E-state index in [1.54, 1.807) is 65.4 Å². The van der Waals surface area contributed by atoms with E-state index in [0.717, 1.165) is 25.0 Å². The first-order chi connectivity index (χ1) is 16.2. The third-order valence-corrected chi connectivity index (χ3v) is 5.84. The van der Waals surface area contributed by atoms with Crippen molar-refractivity contribution in [3.05, 3.63) is 83.9 Å². The number of carbonyl (C=O) groups excluding carboxylic acids is 2. The van der Waals surface area contributed by atoms with E-state index < -0.39 is 17.8 Å². The third kappa shape index (κ3) is 5.65. The van der Waals surface area contributed by atoms with E-state index in [0.29, 0.717) is 23.4 Å². The number of aryl methyl sites for hydroxylation is 1. The molecular formula is C25H25F3N4O2. The van der Waals surface area contributed by atoms with Gasteiger partial charge in [0.2, 0.25) is 5.91 Å². The molecule has 0 saturated heterocycles. The summed E-state index contributed by atoms with van der Waals surface area (Å²) < 4.78 is 41.4. The second kappa shape index (κ2) is 9.70. The molecule has 0 aliphatic heterocycles. The van der Waals surface area contributed by atoms with Gasteiger partial charge in [0.05, 0.1) is 17.9 Å². The van der Waals surface area contributed by atoms with Crippen molar-refractivity contribution < 1.29 is 22.8 Å². The molecule has 2 aromatic carbocycles. The Bertz CT molecular complexity index is 1160. The van der Waals surface area contributed by atoms with Gasteiger partial charge >= 0.3 is 6.18 Å². The molecule has 0 spiro atoms. The van der Waals surface area contributed by atoms with Gasteiger partial charge in [-0.2, -0.15) is 13.2 Å². The number of nitrogens with zero attached hydrogens (tertiary/aromatic N) is 3. The fourth-order valence-electron chi connectivity index (χ4n) is 3.90. The van der Waals surface area contributed by atoms with Crippen molar-refractivity contribution in [1.82, 2.24) is 14.5 Å². The molecule has 0 radical (unpaired) electrons. The summed E-state index contributed by atoms with van der Waals surface area (Å²) in [7, 11) is 0. The van der Waals surface area contributed by atoms with Crippen molar-refractivity contribution in [2.45, 2.75) is 51.0 Å². The zero-order valence-electron chi connectivity index (χ0n) is 18.6. The summed E-state index contributed by atoms with van der Waals surface area (Å²) in [5.74, 6) is -0.475. The normalized spacial score (nSPS) is 14.5. The van der Waals surface area contributed by atoms with E-state index >= 15 is 0 Å². The van der Waals surface area contributed by atoms with Crippen LogP contribution in [0.25, 0.3) is 0 Å². The summed E-state index contributed by atoms with van der Waals surface area (Å²) in [5.41, 5.74) is 0.557. The van der Waals surface area contributed by atoms with Crippen molar-refractivity contribution in [3.8, 4) is 0 Å². The van der Waals surface area contributed by atoms with E-state index in [-0.39, 0.29) is 24.3 Å². The van der Waals surface area contributed by atoms with Gasteiger partial charge in [0.25, 0.3) is 5.91 Å². The Labute approximate surface area is 195 Å².